The van der Waals surface area contributed by atoms with Gasteiger partial charge in [-0.25, -0.2) is 24.2 Å². The van der Waals surface area contributed by atoms with Gasteiger partial charge in [0.25, 0.3) is 11.8 Å². The highest BCUT2D eigenvalue weighted by molar-refractivity contribution is 6.22. The lowest BCUT2D eigenvalue weighted by Gasteiger charge is -2.34. The Morgan fingerprint density at radius 1 is 0.655 bits per heavy atom. The lowest BCUT2D eigenvalue weighted by molar-refractivity contribution is -0.121. The van der Waals surface area contributed by atoms with Gasteiger partial charge in [0.1, 0.15) is 25.1 Å². The largest absolute Gasteiger partial charge is 0.459 e. The number of esters is 3. The topological polar surface area (TPSA) is 199 Å². The molecule has 3 heterocycles. The van der Waals surface area contributed by atoms with E-state index < -0.39 is 79.4 Å². The Labute approximate surface area is 312 Å². The van der Waals surface area contributed by atoms with Crippen molar-refractivity contribution in [2.45, 2.75) is 24.5 Å². The van der Waals surface area contributed by atoms with E-state index in [2.05, 4.69) is 16.1 Å². The minimum Gasteiger partial charge on any atom is -0.459 e. The third-order valence-corrected chi connectivity index (χ3v) is 8.70. The zero-order chi connectivity index (χ0) is 38.5. The number of benzene rings is 4. The van der Waals surface area contributed by atoms with Crippen molar-refractivity contribution in [3.8, 4) is 0 Å². The van der Waals surface area contributed by atoms with Crippen LogP contribution in [0.1, 0.15) is 51.8 Å². The quantitative estimate of drug-likeness (QED) is 0.115. The van der Waals surface area contributed by atoms with Crippen molar-refractivity contribution in [2.24, 2.45) is 0 Å². The summed E-state index contributed by atoms with van der Waals surface area (Å²) < 4.78 is 23.5. The molecule has 4 aromatic carbocycles. The predicted octanol–water partition coefficient (Wildman–Crippen LogP) is 2.76. The van der Waals surface area contributed by atoms with Crippen LogP contribution in [-0.4, -0.2) is 89.3 Å². The Kier molecular flexibility index (Phi) is 10.3. The predicted molar refractivity (Wildman–Crippen MR) is 188 cm³/mol. The Morgan fingerprint density at radius 3 is 1.67 bits per heavy atom. The Balaban J connectivity index is 1.12. The van der Waals surface area contributed by atoms with E-state index in [1.54, 1.807) is 78.9 Å². The molecule has 0 spiro atoms. The third-order valence-electron chi connectivity index (χ3n) is 8.70. The Morgan fingerprint density at radius 2 is 1.15 bits per heavy atom. The fraction of sp³-hybridized carbons (Fsp3) is 0.154. The van der Waals surface area contributed by atoms with Crippen LogP contribution in [-0.2, 0) is 23.7 Å². The van der Waals surface area contributed by atoms with Crippen LogP contribution in [0.4, 0.5) is 4.79 Å². The maximum atomic E-state index is 13.6. The number of hydrazine groups is 1. The second kappa shape index (κ2) is 15.7. The number of carbonyl (C=O) groups is 7. The molecule has 16 nitrogen and oxygen atoms in total. The maximum Gasteiger partial charge on any atom is 0.344 e. The van der Waals surface area contributed by atoms with Crippen molar-refractivity contribution in [3.63, 3.8) is 0 Å². The number of nitrogens with one attached hydrogen (secondary N) is 3. The van der Waals surface area contributed by atoms with Gasteiger partial charge in [0.2, 0.25) is 5.91 Å². The van der Waals surface area contributed by atoms with Gasteiger partial charge in [-0.2, -0.15) is 0 Å². The van der Waals surface area contributed by atoms with E-state index in [0.29, 0.717) is 0 Å². The molecule has 1 fully saturated rings. The molecule has 278 valence electrons. The molecule has 0 aliphatic carbocycles. The number of rotatable bonds is 11. The number of carbonyl (C=O) groups excluding carboxylic acids is 7. The second-order valence-corrected chi connectivity index (χ2v) is 12.3. The molecule has 1 saturated heterocycles. The van der Waals surface area contributed by atoms with Crippen molar-refractivity contribution in [1.29, 1.82) is 0 Å². The monoisotopic (exact) mass is 745 g/mol. The highest BCUT2D eigenvalue weighted by Crippen LogP contribution is 2.31. The van der Waals surface area contributed by atoms with Gasteiger partial charge in [-0.05, 0) is 48.5 Å². The molecule has 5 amide bonds. The first-order chi connectivity index (χ1) is 26.7. The first-order valence-electron chi connectivity index (χ1n) is 16.9. The van der Waals surface area contributed by atoms with Crippen molar-refractivity contribution in [1.82, 2.24) is 26.0 Å². The normalized spacial score (nSPS) is 20.1. The third kappa shape index (κ3) is 7.74. The number of fused-ring (bicyclic) bond motifs is 1. The highest BCUT2D eigenvalue weighted by Gasteiger charge is 2.54. The molecular weight excluding hydrogens is 714 g/mol. The fourth-order valence-electron chi connectivity index (χ4n) is 6.04. The van der Waals surface area contributed by atoms with Crippen LogP contribution in [0.2, 0.25) is 0 Å². The summed E-state index contributed by atoms with van der Waals surface area (Å²) in [6.45, 7) is -1.12. The molecule has 3 aliphatic heterocycles. The molecule has 16 heteroatoms. The molecule has 4 atom stereocenters. The number of hydrogen-bond donors (Lipinski definition) is 3. The zero-order valence-electron chi connectivity index (χ0n) is 28.7. The highest BCUT2D eigenvalue weighted by atomic mass is 16.7. The van der Waals surface area contributed by atoms with Gasteiger partial charge in [0, 0.05) is 0 Å². The van der Waals surface area contributed by atoms with Crippen LogP contribution >= 0.6 is 0 Å². The van der Waals surface area contributed by atoms with Gasteiger partial charge in [-0.1, -0.05) is 66.7 Å². The molecule has 4 aromatic rings. The lowest BCUT2D eigenvalue weighted by atomic mass is 10.1. The van der Waals surface area contributed by atoms with Crippen LogP contribution in [0.3, 0.4) is 0 Å². The molecule has 3 N–H and O–H groups in total. The van der Waals surface area contributed by atoms with Gasteiger partial charge in [-0.3, -0.25) is 30.0 Å². The van der Waals surface area contributed by atoms with E-state index in [4.69, 9.17) is 18.9 Å². The molecule has 4 unspecified atom stereocenters. The number of ether oxygens (including phenoxy) is 4. The van der Waals surface area contributed by atoms with E-state index >= 15 is 0 Å². The summed E-state index contributed by atoms with van der Waals surface area (Å²) >= 11 is 0. The molecule has 7 rings (SSSR count). The number of nitrogens with zero attached hydrogens (tertiary/aromatic N) is 2. The number of amides is 5. The molecule has 0 bridgehead atoms. The number of hydrogen-bond acceptors (Lipinski definition) is 12. The summed E-state index contributed by atoms with van der Waals surface area (Å²) in [5, 5.41) is 5.79. The van der Waals surface area contributed by atoms with Crippen molar-refractivity contribution in [3.05, 3.63) is 155 Å². The first kappa shape index (κ1) is 36.0. The van der Waals surface area contributed by atoms with Crippen LogP contribution in [0.15, 0.2) is 127 Å². The van der Waals surface area contributed by atoms with Crippen molar-refractivity contribution in [2.75, 3.05) is 13.2 Å². The van der Waals surface area contributed by atoms with Gasteiger partial charge in [0.15, 0.2) is 18.4 Å². The summed E-state index contributed by atoms with van der Waals surface area (Å²) in [6.07, 6.45) is -4.52. The SMILES string of the molecule is O=C(CN1C(=O)c2ccccc2C1=O)NC1=CNN(C2OC(COC(=O)c3ccccc3)C(OC(=O)c3ccccc3)C2OC(=O)c2ccccc2)C(=O)N1. The fourth-order valence-corrected chi connectivity index (χ4v) is 6.04. The summed E-state index contributed by atoms with van der Waals surface area (Å²) in [6, 6.07) is 29.3. The number of urea groups is 1. The van der Waals surface area contributed by atoms with E-state index in [-0.39, 0.29) is 33.6 Å². The van der Waals surface area contributed by atoms with E-state index in [1.165, 1.54) is 42.6 Å². The smallest absolute Gasteiger partial charge is 0.344 e. The summed E-state index contributed by atoms with van der Waals surface area (Å²) in [4.78, 5) is 92.6. The van der Waals surface area contributed by atoms with Crippen LogP contribution in [0, 0.1) is 0 Å². The molecule has 0 aromatic heterocycles. The lowest BCUT2D eigenvalue weighted by Crippen LogP contribution is -2.60. The van der Waals surface area contributed by atoms with E-state index in [9.17, 15) is 33.6 Å². The first-order valence-corrected chi connectivity index (χ1v) is 16.9. The Bertz CT molecular complexity index is 2150. The minimum absolute atomic E-state index is 0.146. The molecule has 0 radical (unpaired) electrons. The molecular formula is C39H31N5O11. The van der Waals surface area contributed by atoms with Crippen LogP contribution in [0.5, 0.6) is 0 Å². The van der Waals surface area contributed by atoms with Crippen LogP contribution in [0.25, 0.3) is 0 Å². The average molecular weight is 746 g/mol. The van der Waals surface area contributed by atoms with E-state index in [1.807, 2.05) is 0 Å². The van der Waals surface area contributed by atoms with Gasteiger partial charge < -0.3 is 24.3 Å². The van der Waals surface area contributed by atoms with E-state index in [0.717, 1.165) is 9.91 Å². The average Bonchev–Trinajstić information content (AvgIpc) is 3.66. The molecule has 3 aliphatic rings. The van der Waals surface area contributed by atoms with Gasteiger partial charge >= 0.3 is 23.9 Å². The standard InChI is InChI=1S/C39H31N5O11/c45-30(21-43-33(46)26-18-10-11-19-27(26)34(43)47)41-29-20-40-44(39(51)42-29)35-32(55-38(50)25-16-8-3-9-17-25)31(54-37(49)24-14-6-2-7-15-24)28(53-35)22-52-36(48)23-12-4-1-5-13-23/h1-20,28,31-32,35,40H,21-22H2,(H,41,45)(H,42,51). The van der Waals surface area contributed by atoms with Crippen LogP contribution < -0.4 is 16.1 Å². The summed E-state index contributed by atoms with van der Waals surface area (Å²) in [5.74, 6) is -4.58. The second-order valence-electron chi connectivity index (χ2n) is 12.3. The summed E-state index contributed by atoms with van der Waals surface area (Å²) in [5.41, 5.74) is 3.57. The zero-order valence-corrected chi connectivity index (χ0v) is 28.7. The Hall–Kier alpha value is -7.33. The molecule has 0 saturated carbocycles. The van der Waals surface area contributed by atoms with Crippen molar-refractivity contribution < 1.29 is 52.5 Å². The maximum absolute atomic E-state index is 13.6. The number of imide groups is 1. The van der Waals surface area contributed by atoms with Crippen molar-refractivity contribution >= 4 is 41.7 Å². The minimum atomic E-state index is -1.51. The van der Waals surface area contributed by atoms with Gasteiger partial charge in [-0.15, -0.1) is 0 Å². The molecule has 55 heavy (non-hydrogen) atoms. The summed E-state index contributed by atoms with van der Waals surface area (Å²) in [7, 11) is 0. The van der Waals surface area contributed by atoms with Gasteiger partial charge in [0.05, 0.1) is 34.0 Å².